The van der Waals surface area contributed by atoms with Gasteiger partial charge in [0.1, 0.15) is 6.04 Å². The summed E-state index contributed by atoms with van der Waals surface area (Å²) in [5.74, 6) is -0.246. The molecule has 9 heteroatoms. The molecule has 1 aromatic heterocycles. The molecular formula is C23H27N5O4. The molecule has 0 N–H and O–H groups in total. The molecule has 2 fully saturated rings. The van der Waals surface area contributed by atoms with E-state index in [0.29, 0.717) is 37.2 Å². The molecular weight excluding hydrogens is 410 g/mol. The average molecular weight is 438 g/mol. The lowest BCUT2D eigenvalue weighted by atomic mass is 10.1. The summed E-state index contributed by atoms with van der Waals surface area (Å²) in [5.41, 5.74) is 1.96. The molecule has 0 bridgehead atoms. The Morgan fingerprint density at radius 3 is 2.59 bits per heavy atom. The van der Waals surface area contributed by atoms with E-state index in [0.717, 1.165) is 31.6 Å². The van der Waals surface area contributed by atoms with Crippen LogP contribution in [0.5, 0.6) is 0 Å². The van der Waals surface area contributed by atoms with Gasteiger partial charge >= 0.3 is 0 Å². The number of carbonyl (C=O) groups is 2. The number of amides is 2. The van der Waals surface area contributed by atoms with E-state index in [1.807, 2.05) is 23.2 Å². The van der Waals surface area contributed by atoms with Crippen LogP contribution >= 0.6 is 0 Å². The number of pyridine rings is 1. The molecule has 3 heterocycles. The largest absolute Gasteiger partial charge is 0.338 e. The molecule has 2 amide bonds. The van der Waals surface area contributed by atoms with Crippen LogP contribution in [0.4, 0.5) is 5.69 Å². The Hall–Kier alpha value is -3.33. The minimum absolute atomic E-state index is 0.00416. The number of likely N-dealkylation sites (tertiary alicyclic amines) is 1. The van der Waals surface area contributed by atoms with Crippen LogP contribution in [-0.2, 0) is 11.3 Å². The highest BCUT2D eigenvalue weighted by Crippen LogP contribution is 2.25. The number of carbonyl (C=O) groups excluding carboxylic acids is 2. The molecule has 0 spiro atoms. The molecule has 9 nitrogen and oxygen atoms in total. The van der Waals surface area contributed by atoms with Crippen molar-refractivity contribution in [2.45, 2.75) is 32.4 Å². The Morgan fingerprint density at radius 1 is 1.16 bits per heavy atom. The van der Waals surface area contributed by atoms with Crippen LogP contribution in [-0.4, -0.2) is 75.2 Å². The van der Waals surface area contributed by atoms with Crippen molar-refractivity contribution in [3.8, 4) is 0 Å². The number of benzene rings is 1. The summed E-state index contributed by atoms with van der Waals surface area (Å²) < 4.78 is 0. The van der Waals surface area contributed by atoms with Crippen molar-refractivity contribution in [1.82, 2.24) is 19.7 Å². The van der Waals surface area contributed by atoms with E-state index in [9.17, 15) is 19.7 Å². The summed E-state index contributed by atoms with van der Waals surface area (Å²) in [7, 11) is 0. The van der Waals surface area contributed by atoms with E-state index in [1.54, 1.807) is 18.0 Å². The third-order valence-electron chi connectivity index (χ3n) is 6.25. The fourth-order valence-electron chi connectivity index (χ4n) is 4.51. The van der Waals surface area contributed by atoms with Crippen LogP contribution in [0.25, 0.3) is 0 Å². The number of rotatable bonds is 5. The second kappa shape index (κ2) is 9.44. The SMILES string of the molecule is Cc1cc(C(=O)N2CCCC2C(=O)N2CCN(Cc3cccnc3)CC2)ccc1[N+](=O)[O-]. The van der Waals surface area contributed by atoms with Crippen LogP contribution in [0.2, 0.25) is 0 Å². The Labute approximate surface area is 186 Å². The Balaban J connectivity index is 1.38. The van der Waals surface area contributed by atoms with Gasteiger partial charge in [0.15, 0.2) is 0 Å². The zero-order valence-corrected chi connectivity index (χ0v) is 18.1. The first-order chi connectivity index (χ1) is 15.4. The van der Waals surface area contributed by atoms with Gasteiger partial charge in [0.2, 0.25) is 5.91 Å². The van der Waals surface area contributed by atoms with Gasteiger partial charge in [0, 0.05) is 68.9 Å². The average Bonchev–Trinajstić information content (AvgIpc) is 3.29. The predicted octanol–water partition coefficient (Wildman–Crippen LogP) is 2.25. The molecule has 2 aliphatic heterocycles. The summed E-state index contributed by atoms with van der Waals surface area (Å²) in [5, 5.41) is 11.1. The number of nitro groups is 1. The number of piperazine rings is 1. The summed E-state index contributed by atoms with van der Waals surface area (Å²) in [6, 6.07) is 7.88. The highest BCUT2D eigenvalue weighted by Gasteiger charge is 2.37. The van der Waals surface area contributed by atoms with E-state index in [-0.39, 0.29) is 17.5 Å². The summed E-state index contributed by atoms with van der Waals surface area (Å²) >= 11 is 0. The van der Waals surface area contributed by atoms with Crippen LogP contribution in [0, 0.1) is 17.0 Å². The summed E-state index contributed by atoms with van der Waals surface area (Å²) in [6.07, 6.45) is 5.04. The van der Waals surface area contributed by atoms with Crippen LogP contribution in [0.3, 0.4) is 0 Å². The lowest BCUT2D eigenvalue weighted by Crippen LogP contribution is -2.54. The topological polar surface area (TPSA) is 99.9 Å². The number of nitro benzene ring substituents is 1. The lowest BCUT2D eigenvalue weighted by molar-refractivity contribution is -0.385. The van der Waals surface area contributed by atoms with Crippen molar-refractivity contribution in [3.63, 3.8) is 0 Å². The quantitative estimate of drug-likeness (QED) is 0.525. The monoisotopic (exact) mass is 437 g/mol. The van der Waals surface area contributed by atoms with Gasteiger partial charge in [0.05, 0.1) is 4.92 Å². The first kappa shape index (κ1) is 21.9. The van der Waals surface area contributed by atoms with Crippen molar-refractivity contribution < 1.29 is 14.5 Å². The zero-order chi connectivity index (χ0) is 22.7. The van der Waals surface area contributed by atoms with Gasteiger partial charge < -0.3 is 9.80 Å². The maximum Gasteiger partial charge on any atom is 0.272 e. The van der Waals surface area contributed by atoms with Gasteiger partial charge in [-0.3, -0.25) is 29.6 Å². The standard InChI is InChI=1S/C23H27N5O4/c1-17-14-19(6-7-20(17)28(31)32)22(29)27-9-3-5-21(27)23(30)26-12-10-25(11-13-26)16-18-4-2-8-24-15-18/h2,4,6-8,14-15,21H,3,5,9-13,16H2,1H3. The number of nitrogens with zero attached hydrogens (tertiary/aromatic N) is 5. The van der Waals surface area contributed by atoms with E-state index in [2.05, 4.69) is 9.88 Å². The smallest absolute Gasteiger partial charge is 0.272 e. The number of aromatic nitrogens is 1. The Morgan fingerprint density at radius 2 is 1.94 bits per heavy atom. The zero-order valence-electron chi connectivity index (χ0n) is 18.1. The second-order valence-corrected chi connectivity index (χ2v) is 8.38. The molecule has 0 aliphatic carbocycles. The fraction of sp³-hybridized carbons (Fsp3) is 0.435. The number of hydrogen-bond donors (Lipinski definition) is 0. The van der Waals surface area contributed by atoms with Gasteiger partial charge in [-0.1, -0.05) is 6.07 Å². The first-order valence-corrected chi connectivity index (χ1v) is 10.9. The number of hydrogen-bond acceptors (Lipinski definition) is 6. The van der Waals surface area contributed by atoms with Gasteiger partial charge in [0.25, 0.3) is 11.6 Å². The van der Waals surface area contributed by atoms with E-state index in [1.165, 1.54) is 18.2 Å². The third kappa shape index (κ3) is 4.62. The van der Waals surface area contributed by atoms with Gasteiger partial charge in [-0.2, -0.15) is 0 Å². The highest BCUT2D eigenvalue weighted by atomic mass is 16.6. The van der Waals surface area contributed by atoms with E-state index < -0.39 is 11.0 Å². The Bertz CT molecular complexity index is 1000. The molecule has 2 saturated heterocycles. The molecule has 0 radical (unpaired) electrons. The summed E-state index contributed by atoms with van der Waals surface area (Å²) in [4.78, 5) is 46.9. The first-order valence-electron chi connectivity index (χ1n) is 10.9. The van der Waals surface area contributed by atoms with E-state index in [4.69, 9.17) is 0 Å². The van der Waals surface area contributed by atoms with Gasteiger partial charge in [-0.15, -0.1) is 0 Å². The van der Waals surface area contributed by atoms with Crippen molar-refractivity contribution in [1.29, 1.82) is 0 Å². The maximum atomic E-state index is 13.2. The second-order valence-electron chi connectivity index (χ2n) is 8.38. The molecule has 2 aliphatic rings. The fourth-order valence-corrected chi connectivity index (χ4v) is 4.51. The molecule has 168 valence electrons. The van der Waals surface area contributed by atoms with Crippen LogP contribution < -0.4 is 0 Å². The molecule has 1 unspecified atom stereocenters. The minimum atomic E-state index is -0.470. The van der Waals surface area contributed by atoms with Gasteiger partial charge in [-0.05, 0) is 43.5 Å². The minimum Gasteiger partial charge on any atom is -0.338 e. The normalized spacial score (nSPS) is 19.2. The van der Waals surface area contributed by atoms with Crippen molar-refractivity contribution >= 4 is 17.5 Å². The molecule has 1 atom stereocenters. The number of aryl methyl sites for hydroxylation is 1. The maximum absolute atomic E-state index is 13.2. The highest BCUT2D eigenvalue weighted by molar-refractivity contribution is 5.98. The molecule has 0 saturated carbocycles. The Kier molecular flexibility index (Phi) is 6.45. The van der Waals surface area contributed by atoms with Gasteiger partial charge in [-0.25, -0.2) is 0 Å². The molecule has 4 rings (SSSR count). The van der Waals surface area contributed by atoms with Crippen LogP contribution in [0.1, 0.15) is 34.3 Å². The summed E-state index contributed by atoms with van der Waals surface area (Å²) in [6.45, 7) is 5.77. The van der Waals surface area contributed by atoms with E-state index >= 15 is 0 Å². The molecule has 32 heavy (non-hydrogen) atoms. The molecule has 1 aromatic carbocycles. The van der Waals surface area contributed by atoms with Crippen molar-refractivity contribution in [2.75, 3.05) is 32.7 Å². The lowest BCUT2D eigenvalue weighted by Gasteiger charge is -2.37. The van der Waals surface area contributed by atoms with Crippen molar-refractivity contribution in [2.24, 2.45) is 0 Å². The van der Waals surface area contributed by atoms with Crippen LogP contribution in [0.15, 0.2) is 42.7 Å². The molecule has 2 aromatic rings. The third-order valence-corrected chi connectivity index (χ3v) is 6.25. The predicted molar refractivity (Wildman–Crippen MR) is 118 cm³/mol. The van der Waals surface area contributed by atoms with Crippen molar-refractivity contribution in [3.05, 3.63) is 69.5 Å².